The van der Waals surface area contributed by atoms with Crippen molar-refractivity contribution < 1.29 is 52.7 Å². The Labute approximate surface area is 164 Å². The summed E-state index contributed by atoms with van der Waals surface area (Å²) in [6, 6.07) is 0. The number of ether oxygens (including phenoxy) is 1. The molecule has 1 fully saturated rings. The fourth-order valence-electron chi connectivity index (χ4n) is 2.91. The van der Waals surface area contributed by atoms with Crippen LogP contribution < -0.4 is 0 Å². The van der Waals surface area contributed by atoms with Crippen molar-refractivity contribution in [1.29, 1.82) is 0 Å². The molecule has 1 aliphatic carbocycles. The predicted octanol–water partition coefficient (Wildman–Crippen LogP) is 3.72. The van der Waals surface area contributed by atoms with Gasteiger partial charge in [0.15, 0.2) is 4.58 Å². The quantitative estimate of drug-likeness (QED) is 0.429. The van der Waals surface area contributed by atoms with Crippen LogP contribution in [0, 0.1) is 11.3 Å². The van der Waals surface area contributed by atoms with Gasteiger partial charge in [-0.3, -0.25) is 4.79 Å². The molecule has 0 aliphatic heterocycles. The average molecular weight is 476 g/mol. The molecule has 6 nitrogen and oxygen atoms in total. The second-order valence-electron chi connectivity index (χ2n) is 7.48. The van der Waals surface area contributed by atoms with E-state index in [1.165, 1.54) is 13.8 Å². The second-order valence-corrected chi connectivity index (χ2v) is 11.9. The van der Waals surface area contributed by atoms with Crippen molar-refractivity contribution in [3.63, 3.8) is 0 Å². The van der Waals surface area contributed by atoms with Crippen molar-refractivity contribution in [3.8, 4) is 0 Å². The van der Waals surface area contributed by atoms with E-state index in [0.29, 0.717) is 0 Å². The van der Waals surface area contributed by atoms with Crippen LogP contribution >= 0.6 is 0 Å². The van der Waals surface area contributed by atoms with Crippen LogP contribution in [0.2, 0.25) is 0 Å². The van der Waals surface area contributed by atoms with Crippen LogP contribution in [0.3, 0.4) is 0 Å². The minimum Gasteiger partial charge on any atom is -0.462 e. The van der Waals surface area contributed by atoms with Crippen molar-refractivity contribution in [1.82, 2.24) is 0 Å². The minimum atomic E-state index is -6.79. The highest BCUT2D eigenvalue weighted by Crippen LogP contribution is 2.44. The predicted molar refractivity (Wildman–Crippen MR) is 89.6 cm³/mol. The Hall–Kier alpha value is -1.05. The highest BCUT2D eigenvalue weighted by molar-refractivity contribution is 8.09. The number of hydrogen-bond acceptors (Lipinski definition) is 6. The van der Waals surface area contributed by atoms with E-state index in [2.05, 4.69) is 0 Å². The maximum Gasteiger partial charge on any atom is 0.498 e. The first-order valence-corrected chi connectivity index (χ1v) is 11.7. The molecule has 1 saturated carbocycles. The zero-order valence-corrected chi connectivity index (χ0v) is 17.4. The second kappa shape index (κ2) is 8.23. The van der Waals surface area contributed by atoms with Crippen LogP contribution in [0.15, 0.2) is 0 Å². The number of carbonyl (C=O) groups excluding carboxylic acids is 1. The highest BCUT2D eigenvalue weighted by Gasteiger charge is 2.66. The van der Waals surface area contributed by atoms with Crippen molar-refractivity contribution in [2.45, 2.75) is 74.6 Å². The molecule has 0 bridgehead atoms. The first-order chi connectivity index (χ1) is 12.8. The summed E-state index contributed by atoms with van der Waals surface area (Å²) >= 11 is 0. The van der Waals surface area contributed by atoms with Crippen LogP contribution in [0.5, 0.6) is 0 Å². The Kier molecular flexibility index (Phi) is 7.38. The maximum absolute atomic E-state index is 13.1. The van der Waals surface area contributed by atoms with Gasteiger partial charge >= 0.3 is 17.0 Å². The van der Waals surface area contributed by atoms with Gasteiger partial charge in [-0.1, -0.05) is 13.3 Å². The van der Waals surface area contributed by atoms with Gasteiger partial charge in [0, 0.05) is 5.92 Å². The first kappa shape index (κ1) is 26.0. The van der Waals surface area contributed by atoms with Gasteiger partial charge < -0.3 is 4.74 Å². The molecule has 2 atom stereocenters. The van der Waals surface area contributed by atoms with E-state index in [4.69, 9.17) is 4.74 Å². The molecule has 0 radical (unpaired) electrons. The van der Waals surface area contributed by atoms with Crippen LogP contribution in [0.4, 0.5) is 26.3 Å². The summed E-state index contributed by atoms with van der Waals surface area (Å²) in [6.07, 6.45) is -2.16. The Balaban J connectivity index is 3.55. The molecule has 0 amide bonds. The number of alkyl halides is 6. The number of hydrogen-bond donors (Lipinski definition) is 0. The van der Waals surface area contributed by atoms with E-state index in [0.717, 1.165) is 0 Å². The first-order valence-electron chi connectivity index (χ1n) is 8.62. The molecule has 0 aromatic carbocycles. The van der Waals surface area contributed by atoms with Crippen molar-refractivity contribution in [2.75, 3.05) is 0 Å². The highest BCUT2D eigenvalue weighted by atomic mass is 32.3. The third kappa shape index (κ3) is 5.17. The molecule has 2 unspecified atom stereocenters. The normalized spacial score (nSPS) is 22.6. The van der Waals surface area contributed by atoms with E-state index in [1.807, 2.05) is 0 Å². The Morgan fingerprint density at radius 1 is 0.931 bits per heavy atom. The third-order valence-electron chi connectivity index (χ3n) is 5.05. The fraction of sp³-hybridized carbons (Fsp3) is 0.933. The monoisotopic (exact) mass is 476 g/mol. The van der Waals surface area contributed by atoms with Gasteiger partial charge in [0.2, 0.25) is 0 Å². The number of rotatable bonds is 6. The van der Waals surface area contributed by atoms with Crippen molar-refractivity contribution in [3.05, 3.63) is 0 Å². The largest absolute Gasteiger partial charge is 0.498 e. The smallest absolute Gasteiger partial charge is 0.462 e. The zero-order chi connectivity index (χ0) is 23.1. The summed E-state index contributed by atoms with van der Waals surface area (Å²) in [5.41, 5.74) is -13.6. The molecule has 172 valence electrons. The minimum absolute atomic E-state index is 0.0207. The lowest BCUT2D eigenvalue weighted by molar-refractivity contribution is -0.164. The maximum atomic E-state index is 13.1. The third-order valence-corrected chi connectivity index (χ3v) is 9.79. The molecule has 1 rings (SSSR count). The number of esters is 1. The summed E-state index contributed by atoms with van der Waals surface area (Å²) in [4.78, 5) is 12.3. The van der Waals surface area contributed by atoms with E-state index in [-0.39, 0.29) is 25.7 Å². The molecule has 0 saturated heterocycles. The summed E-state index contributed by atoms with van der Waals surface area (Å²) in [5, 5.41) is 0. The standard InChI is InChI=1S/C15H22F6O6S2/c1-4-13(2,3)12(22)27-10-8-6-5-7-9(10)11(28(23,24)14(16,17)18)29(25,26)15(19,20)21/h9-11H,4-8H2,1-3H3. The summed E-state index contributed by atoms with van der Waals surface area (Å²) in [5.74, 6) is -3.18. The summed E-state index contributed by atoms with van der Waals surface area (Å²) in [6.45, 7) is 4.43. The number of halogens is 6. The lowest BCUT2D eigenvalue weighted by atomic mass is 9.86. The van der Waals surface area contributed by atoms with Gasteiger partial charge in [-0.25, -0.2) is 16.8 Å². The molecule has 0 N–H and O–H groups in total. The molecule has 0 spiro atoms. The molecule has 14 heteroatoms. The lowest BCUT2D eigenvalue weighted by Crippen LogP contribution is -2.53. The van der Waals surface area contributed by atoms with Crippen LogP contribution in [-0.2, 0) is 29.2 Å². The van der Waals surface area contributed by atoms with E-state index >= 15 is 0 Å². The van der Waals surface area contributed by atoms with Crippen molar-refractivity contribution >= 4 is 25.6 Å². The number of sulfone groups is 2. The van der Waals surface area contributed by atoms with Gasteiger partial charge in [-0.05, 0) is 39.5 Å². The summed E-state index contributed by atoms with van der Waals surface area (Å²) in [7, 11) is -13.6. The van der Waals surface area contributed by atoms with Crippen LogP contribution in [0.1, 0.15) is 52.9 Å². The van der Waals surface area contributed by atoms with Gasteiger partial charge in [0.1, 0.15) is 6.10 Å². The van der Waals surface area contributed by atoms with Gasteiger partial charge in [0.25, 0.3) is 19.7 Å². The lowest BCUT2D eigenvalue weighted by Gasteiger charge is -2.37. The molecule has 0 aromatic rings. The van der Waals surface area contributed by atoms with E-state index in [9.17, 15) is 48.0 Å². The summed E-state index contributed by atoms with van der Waals surface area (Å²) < 4.78 is 127. The Morgan fingerprint density at radius 3 is 1.72 bits per heavy atom. The fourth-order valence-corrected chi connectivity index (χ4v) is 6.97. The van der Waals surface area contributed by atoms with Gasteiger partial charge in [-0.15, -0.1) is 0 Å². The number of carbonyl (C=O) groups is 1. The average Bonchev–Trinajstić information content (AvgIpc) is 2.54. The van der Waals surface area contributed by atoms with Crippen molar-refractivity contribution in [2.24, 2.45) is 11.3 Å². The molecule has 0 aromatic heterocycles. The van der Waals surface area contributed by atoms with Gasteiger partial charge in [-0.2, -0.15) is 26.3 Å². The Bertz CT molecular complexity index is 769. The van der Waals surface area contributed by atoms with Crippen LogP contribution in [-0.4, -0.2) is 44.5 Å². The molecular formula is C15H22F6O6S2. The molecule has 29 heavy (non-hydrogen) atoms. The molecule has 0 heterocycles. The Morgan fingerprint density at radius 2 is 1.34 bits per heavy atom. The van der Waals surface area contributed by atoms with E-state index in [1.54, 1.807) is 6.92 Å². The van der Waals surface area contributed by atoms with Crippen LogP contribution in [0.25, 0.3) is 0 Å². The topological polar surface area (TPSA) is 94.6 Å². The SMILES string of the molecule is CCC(C)(C)C(=O)OC1CCCCC1C(S(=O)(=O)C(F)(F)F)S(=O)(=O)C(F)(F)F. The zero-order valence-electron chi connectivity index (χ0n) is 15.8. The molecular weight excluding hydrogens is 454 g/mol. The van der Waals surface area contributed by atoms with Gasteiger partial charge in [0.05, 0.1) is 5.41 Å². The van der Waals surface area contributed by atoms with E-state index < -0.39 is 65.1 Å². The molecule has 1 aliphatic rings.